The molecule has 2 N–H and O–H groups in total. The molecule has 1 fully saturated rings. The molecule has 0 saturated heterocycles. The van der Waals surface area contributed by atoms with Crippen molar-refractivity contribution < 1.29 is 13.2 Å². The van der Waals surface area contributed by atoms with Gasteiger partial charge in [-0.2, -0.15) is 0 Å². The van der Waals surface area contributed by atoms with E-state index in [1.807, 2.05) is 6.92 Å². The van der Waals surface area contributed by atoms with Gasteiger partial charge in [0.15, 0.2) is 0 Å². The van der Waals surface area contributed by atoms with Crippen molar-refractivity contribution in [3.05, 3.63) is 29.8 Å². The molecule has 2 unspecified atom stereocenters. The van der Waals surface area contributed by atoms with Crippen LogP contribution < -0.4 is 10.0 Å². The number of nitrogens with one attached hydrogen (secondary N) is 2. The summed E-state index contributed by atoms with van der Waals surface area (Å²) in [6.45, 7) is 8.50. The summed E-state index contributed by atoms with van der Waals surface area (Å²) in [6, 6.07) is 6.87. The van der Waals surface area contributed by atoms with E-state index in [0.29, 0.717) is 23.6 Å². The predicted octanol–water partition coefficient (Wildman–Crippen LogP) is 4.17. The Morgan fingerprint density at radius 1 is 1.19 bits per heavy atom. The van der Waals surface area contributed by atoms with Gasteiger partial charge >= 0.3 is 0 Å². The number of carbonyl (C=O) groups excluding carboxylic acids is 1. The quantitative estimate of drug-likeness (QED) is 0.777. The van der Waals surface area contributed by atoms with Crippen molar-refractivity contribution in [1.29, 1.82) is 0 Å². The maximum Gasteiger partial charge on any atom is 0.251 e. The van der Waals surface area contributed by atoms with E-state index in [1.54, 1.807) is 24.3 Å². The molecule has 1 aliphatic rings. The van der Waals surface area contributed by atoms with E-state index >= 15 is 0 Å². The van der Waals surface area contributed by atoms with Gasteiger partial charge in [-0.3, -0.25) is 9.52 Å². The molecule has 1 amide bonds. The zero-order valence-corrected chi connectivity index (χ0v) is 17.2. The first-order valence-corrected chi connectivity index (χ1v) is 11.2. The molecule has 2 atom stereocenters. The lowest BCUT2D eigenvalue weighted by Gasteiger charge is -2.40. The van der Waals surface area contributed by atoms with Gasteiger partial charge in [-0.15, -0.1) is 0 Å². The van der Waals surface area contributed by atoms with Crippen molar-refractivity contribution in [2.45, 2.75) is 65.8 Å². The Kier molecular flexibility index (Phi) is 6.72. The van der Waals surface area contributed by atoms with Gasteiger partial charge in [0.05, 0.1) is 5.75 Å². The molecule has 0 aromatic heterocycles. The molecular formula is C20H32N2O3S. The van der Waals surface area contributed by atoms with Gasteiger partial charge in [0.1, 0.15) is 0 Å². The number of carbonyl (C=O) groups is 1. The molecule has 0 bridgehead atoms. The van der Waals surface area contributed by atoms with Crippen LogP contribution in [0.1, 0.15) is 70.2 Å². The van der Waals surface area contributed by atoms with Crippen molar-refractivity contribution >= 4 is 21.6 Å². The smallest absolute Gasteiger partial charge is 0.251 e. The lowest BCUT2D eigenvalue weighted by atomic mass is 9.69. The average molecular weight is 381 g/mol. The molecule has 1 saturated carbocycles. The third-order valence-corrected chi connectivity index (χ3v) is 6.56. The molecule has 0 heterocycles. The number of amides is 1. The van der Waals surface area contributed by atoms with E-state index in [9.17, 15) is 13.2 Å². The molecule has 1 aromatic carbocycles. The standard InChI is InChI=1S/C20H32N2O3S/c1-5-13-26(24,25)22-16-10-8-9-15(14-16)19(23)21-18-12-7-6-11-17(18)20(2,3)4/h8-10,14,17-18,22H,5-7,11-13H2,1-4H3,(H,21,23). The first-order chi connectivity index (χ1) is 12.1. The first-order valence-electron chi connectivity index (χ1n) is 9.54. The summed E-state index contributed by atoms with van der Waals surface area (Å²) in [5, 5.41) is 3.19. The number of anilines is 1. The third-order valence-electron chi connectivity index (χ3n) is 5.07. The van der Waals surface area contributed by atoms with E-state index < -0.39 is 10.0 Å². The van der Waals surface area contributed by atoms with Crippen LogP contribution in [-0.4, -0.2) is 26.1 Å². The Bertz CT molecular complexity index is 723. The minimum absolute atomic E-state index is 0.0682. The lowest BCUT2D eigenvalue weighted by molar-refractivity contribution is 0.0830. The van der Waals surface area contributed by atoms with Crippen LogP contribution >= 0.6 is 0 Å². The van der Waals surface area contributed by atoms with Gasteiger partial charge in [0, 0.05) is 17.3 Å². The molecule has 0 spiro atoms. The number of benzene rings is 1. The summed E-state index contributed by atoms with van der Waals surface area (Å²) < 4.78 is 26.4. The second-order valence-electron chi connectivity index (χ2n) is 8.34. The summed E-state index contributed by atoms with van der Waals surface area (Å²) in [7, 11) is -3.36. The summed E-state index contributed by atoms with van der Waals surface area (Å²) in [6.07, 6.45) is 5.02. The zero-order valence-electron chi connectivity index (χ0n) is 16.3. The molecule has 26 heavy (non-hydrogen) atoms. The van der Waals surface area contributed by atoms with Crippen molar-refractivity contribution in [1.82, 2.24) is 5.32 Å². The van der Waals surface area contributed by atoms with Crippen molar-refractivity contribution in [3.63, 3.8) is 0 Å². The van der Waals surface area contributed by atoms with Gasteiger partial charge in [0.2, 0.25) is 10.0 Å². The second-order valence-corrected chi connectivity index (χ2v) is 10.2. The average Bonchev–Trinajstić information content (AvgIpc) is 2.54. The summed E-state index contributed by atoms with van der Waals surface area (Å²) in [4.78, 5) is 12.7. The number of hydrogen-bond acceptors (Lipinski definition) is 3. The third kappa shape index (κ3) is 5.73. The highest BCUT2D eigenvalue weighted by Gasteiger charge is 2.35. The van der Waals surface area contributed by atoms with Crippen LogP contribution in [0.5, 0.6) is 0 Å². The van der Waals surface area contributed by atoms with Gasteiger partial charge in [-0.1, -0.05) is 46.6 Å². The maximum atomic E-state index is 12.7. The van der Waals surface area contributed by atoms with Gasteiger partial charge in [-0.05, 0) is 48.8 Å². The van der Waals surface area contributed by atoms with E-state index in [4.69, 9.17) is 0 Å². The minimum Gasteiger partial charge on any atom is -0.349 e. The fraction of sp³-hybridized carbons (Fsp3) is 0.650. The van der Waals surface area contributed by atoms with Crippen molar-refractivity contribution in [3.8, 4) is 0 Å². The van der Waals surface area contributed by atoms with Crippen LogP contribution in [0.3, 0.4) is 0 Å². The van der Waals surface area contributed by atoms with E-state index in [2.05, 4.69) is 30.8 Å². The van der Waals surface area contributed by atoms with Gasteiger partial charge in [-0.25, -0.2) is 8.42 Å². The van der Waals surface area contributed by atoms with Crippen LogP contribution in [0.4, 0.5) is 5.69 Å². The minimum atomic E-state index is -3.36. The van der Waals surface area contributed by atoms with E-state index in [1.165, 1.54) is 6.42 Å². The van der Waals surface area contributed by atoms with Gasteiger partial charge < -0.3 is 5.32 Å². The second kappa shape index (κ2) is 8.42. The summed E-state index contributed by atoms with van der Waals surface area (Å²) in [5.74, 6) is 0.382. The lowest BCUT2D eigenvalue weighted by Crippen LogP contribution is -2.46. The normalized spacial score (nSPS) is 21.2. The fourth-order valence-electron chi connectivity index (χ4n) is 3.82. The fourth-order valence-corrected chi connectivity index (χ4v) is 4.94. The highest BCUT2D eigenvalue weighted by Crippen LogP contribution is 2.38. The molecule has 2 rings (SSSR count). The molecule has 0 radical (unpaired) electrons. The summed E-state index contributed by atoms with van der Waals surface area (Å²) >= 11 is 0. The molecule has 146 valence electrons. The number of hydrogen-bond donors (Lipinski definition) is 2. The Morgan fingerprint density at radius 2 is 1.88 bits per heavy atom. The van der Waals surface area contributed by atoms with Gasteiger partial charge in [0.25, 0.3) is 5.91 Å². The van der Waals surface area contributed by atoms with E-state index in [0.717, 1.165) is 19.3 Å². The van der Waals surface area contributed by atoms with Crippen LogP contribution in [-0.2, 0) is 10.0 Å². The highest BCUT2D eigenvalue weighted by atomic mass is 32.2. The maximum absolute atomic E-state index is 12.7. The van der Waals surface area contributed by atoms with Crippen LogP contribution in [0, 0.1) is 11.3 Å². The Balaban J connectivity index is 2.11. The first kappa shape index (κ1) is 20.7. The Hall–Kier alpha value is -1.56. The Labute approximate surface area is 158 Å². The molecule has 0 aliphatic heterocycles. The molecule has 5 nitrogen and oxygen atoms in total. The van der Waals surface area contributed by atoms with Crippen molar-refractivity contribution in [2.75, 3.05) is 10.5 Å². The SMILES string of the molecule is CCCS(=O)(=O)Nc1cccc(C(=O)NC2CCCCC2C(C)(C)C)c1. The molecule has 1 aromatic rings. The highest BCUT2D eigenvalue weighted by molar-refractivity contribution is 7.92. The molecular weight excluding hydrogens is 348 g/mol. The van der Waals surface area contributed by atoms with Crippen molar-refractivity contribution in [2.24, 2.45) is 11.3 Å². The number of sulfonamides is 1. The van der Waals surface area contributed by atoms with Crippen LogP contribution in [0.15, 0.2) is 24.3 Å². The zero-order chi connectivity index (χ0) is 19.4. The number of rotatable bonds is 6. The molecule has 6 heteroatoms. The van der Waals surface area contributed by atoms with Crippen LogP contribution in [0.2, 0.25) is 0 Å². The molecule has 1 aliphatic carbocycles. The predicted molar refractivity (Wildman–Crippen MR) is 107 cm³/mol. The van der Waals surface area contributed by atoms with E-state index in [-0.39, 0.29) is 23.1 Å². The topological polar surface area (TPSA) is 75.3 Å². The summed E-state index contributed by atoms with van der Waals surface area (Å²) in [5.41, 5.74) is 1.07. The Morgan fingerprint density at radius 3 is 2.54 bits per heavy atom. The largest absolute Gasteiger partial charge is 0.349 e. The monoisotopic (exact) mass is 380 g/mol. The van der Waals surface area contributed by atoms with Crippen LogP contribution in [0.25, 0.3) is 0 Å².